The van der Waals surface area contributed by atoms with Gasteiger partial charge >= 0.3 is 6.92 Å². The van der Waals surface area contributed by atoms with E-state index in [9.17, 15) is 0 Å². The molecule has 5 heteroatoms. The Morgan fingerprint density at radius 1 is 0.369 bits per heavy atom. The standard InChI is InChI=1S/C60H40BNO2Si/c1-4-17-45(18-5-1)65(46-19-6-2-7-20-46,47-21-8-3-9-22-47)59-30-15-12-23-48(59)43-33-37-51-52-26-16-29-56-60(52)61(64-57(51)40-43)53-38-34-42(39-58(53)63-56)41-31-35-44(36-32-41)62-54-27-13-10-24-49(54)50-25-11-14-28-55(50)62/h1-40H. The Kier molecular flexibility index (Phi) is 8.65. The van der Waals surface area contributed by atoms with Crippen molar-refractivity contribution in [2.45, 2.75) is 0 Å². The normalized spacial score (nSPS) is 12.5. The van der Waals surface area contributed by atoms with Crippen LogP contribution in [0.4, 0.5) is 0 Å². The van der Waals surface area contributed by atoms with Crippen LogP contribution in [0.3, 0.4) is 0 Å². The van der Waals surface area contributed by atoms with Crippen LogP contribution in [0.2, 0.25) is 0 Å². The van der Waals surface area contributed by atoms with Crippen LogP contribution in [0.15, 0.2) is 243 Å². The smallest absolute Gasteiger partial charge is 0.434 e. The lowest BCUT2D eigenvalue weighted by Crippen LogP contribution is -2.75. The van der Waals surface area contributed by atoms with E-state index in [0.29, 0.717) is 0 Å². The van der Waals surface area contributed by atoms with E-state index in [1.165, 1.54) is 48.1 Å². The zero-order valence-electron chi connectivity index (χ0n) is 35.4. The zero-order chi connectivity index (χ0) is 42.9. The van der Waals surface area contributed by atoms with Crippen molar-refractivity contribution in [2.75, 3.05) is 0 Å². The van der Waals surface area contributed by atoms with Crippen molar-refractivity contribution in [1.29, 1.82) is 0 Å². The van der Waals surface area contributed by atoms with E-state index in [-0.39, 0.29) is 6.92 Å². The maximum Gasteiger partial charge on any atom is 0.434 e. The molecule has 0 unspecified atom stereocenters. The Balaban J connectivity index is 0.894. The van der Waals surface area contributed by atoms with Crippen molar-refractivity contribution < 1.29 is 9.39 Å². The lowest BCUT2D eigenvalue weighted by molar-refractivity contribution is 0.479. The molecule has 11 aromatic rings. The number of rotatable bonds is 7. The Labute approximate surface area is 379 Å². The second-order valence-electron chi connectivity index (χ2n) is 17.1. The van der Waals surface area contributed by atoms with E-state index in [0.717, 1.165) is 61.7 Å². The van der Waals surface area contributed by atoms with Gasteiger partial charge in [0.05, 0.1) is 11.0 Å². The fourth-order valence-corrected chi connectivity index (χ4v) is 15.8. The van der Waals surface area contributed by atoms with Crippen molar-refractivity contribution in [1.82, 2.24) is 4.57 Å². The van der Waals surface area contributed by atoms with Gasteiger partial charge in [0.2, 0.25) is 0 Å². The zero-order valence-corrected chi connectivity index (χ0v) is 36.4. The van der Waals surface area contributed by atoms with Crippen molar-refractivity contribution in [3.05, 3.63) is 243 Å². The minimum atomic E-state index is -2.82. The number of ether oxygens (including phenoxy) is 1. The van der Waals surface area contributed by atoms with Crippen LogP contribution in [-0.2, 0) is 0 Å². The molecule has 0 aliphatic carbocycles. The molecule has 2 aliphatic rings. The molecule has 10 aromatic carbocycles. The maximum absolute atomic E-state index is 7.21. The van der Waals surface area contributed by atoms with E-state index in [2.05, 4.69) is 247 Å². The molecule has 0 amide bonds. The van der Waals surface area contributed by atoms with Gasteiger partial charge in [0, 0.05) is 32.9 Å². The fourth-order valence-electron chi connectivity index (χ4n) is 10.8. The highest BCUT2D eigenvalue weighted by Gasteiger charge is 2.44. The summed E-state index contributed by atoms with van der Waals surface area (Å²) in [6.45, 7) is -0.318. The van der Waals surface area contributed by atoms with E-state index in [4.69, 9.17) is 9.39 Å². The topological polar surface area (TPSA) is 23.4 Å². The highest BCUT2D eigenvalue weighted by atomic mass is 28.3. The van der Waals surface area contributed by atoms with Crippen LogP contribution in [-0.4, -0.2) is 19.6 Å². The first-order chi connectivity index (χ1) is 32.2. The third kappa shape index (κ3) is 5.83. The average molecular weight is 846 g/mol. The predicted octanol–water partition coefficient (Wildman–Crippen LogP) is 10.8. The summed E-state index contributed by atoms with van der Waals surface area (Å²) in [6, 6.07) is 88.3. The van der Waals surface area contributed by atoms with Crippen LogP contribution in [0.5, 0.6) is 17.2 Å². The fraction of sp³-hybridized carbons (Fsp3) is 0. The Bertz CT molecular complexity index is 3460. The molecule has 13 rings (SSSR count). The van der Waals surface area contributed by atoms with Crippen LogP contribution in [0.1, 0.15) is 0 Å². The quantitative estimate of drug-likeness (QED) is 0.118. The van der Waals surface area contributed by atoms with Gasteiger partial charge in [-0.25, -0.2) is 0 Å². The van der Waals surface area contributed by atoms with Gasteiger partial charge in [-0.15, -0.1) is 0 Å². The second-order valence-corrected chi connectivity index (χ2v) is 20.9. The number of benzene rings is 10. The minimum Gasteiger partial charge on any atom is -0.551 e. The van der Waals surface area contributed by atoms with Crippen LogP contribution < -0.4 is 41.1 Å². The molecule has 3 heterocycles. The highest BCUT2D eigenvalue weighted by molar-refractivity contribution is 7.20. The first-order valence-electron chi connectivity index (χ1n) is 22.4. The molecule has 0 fully saturated rings. The van der Waals surface area contributed by atoms with Gasteiger partial charge in [0.25, 0.3) is 0 Å². The van der Waals surface area contributed by atoms with Crippen LogP contribution in [0, 0.1) is 0 Å². The molecule has 65 heavy (non-hydrogen) atoms. The lowest BCUT2D eigenvalue weighted by atomic mass is 9.51. The molecule has 0 saturated heterocycles. The molecular formula is C60H40BNO2Si. The minimum absolute atomic E-state index is 0.318. The van der Waals surface area contributed by atoms with Gasteiger partial charge in [0.15, 0.2) is 8.07 Å². The van der Waals surface area contributed by atoms with Gasteiger partial charge in [-0.05, 0) is 91.0 Å². The number of para-hydroxylation sites is 2. The Hall–Kier alpha value is -8.12. The number of hydrogen-bond donors (Lipinski definition) is 0. The van der Waals surface area contributed by atoms with Crippen LogP contribution >= 0.6 is 0 Å². The number of aromatic nitrogens is 1. The Morgan fingerprint density at radius 2 is 0.908 bits per heavy atom. The molecule has 0 atom stereocenters. The summed E-state index contributed by atoms with van der Waals surface area (Å²) in [4.78, 5) is 0. The molecule has 1 aromatic heterocycles. The lowest BCUT2D eigenvalue weighted by Gasteiger charge is -2.36. The number of nitrogens with zero attached hydrogens (tertiary/aromatic N) is 1. The van der Waals surface area contributed by atoms with E-state index in [1.807, 2.05) is 0 Å². The summed E-state index contributed by atoms with van der Waals surface area (Å²) in [6.07, 6.45) is 0. The van der Waals surface area contributed by atoms with Crippen molar-refractivity contribution >= 4 is 68.5 Å². The summed E-state index contributed by atoms with van der Waals surface area (Å²) in [5.74, 6) is 2.53. The largest absolute Gasteiger partial charge is 0.551 e. The van der Waals surface area contributed by atoms with Crippen LogP contribution in [0.25, 0.3) is 60.9 Å². The summed E-state index contributed by atoms with van der Waals surface area (Å²) in [5.41, 5.74) is 12.4. The number of fused-ring (bicyclic) bond motifs is 7. The monoisotopic (exact) mass is 845 g/mol. The van der Waals surface area contributed by atoms with Crippen molar-refractivity contribution in [3.63, 3.8) is 0 Å². The van der Waals surface area contributed by atoms with E-state index >= 15 is 0 Å². The summed E-state index contributed by atoms with van der Waals surface area (Å²) >= 11 is 0. The molecule has 3 nitrogen and oxygen atoms in total. The summed E-state index contributed by atoms with van der Waals surface area (Å²) in [5, 5.41) is 7.89. The average Bonchev–Trinajstić information content (AvgIpc) is 3.72. The van der Waals surface area contributed by atoms with Gasteiger partial charge in [-0.3, -0.25) is 0 Å². The summed E-state index contributed by atoms with van der Waals surface area (Å²) in [7, 11) is -2.82. The van der Waals surface area contributed by atoms with Gasteiger partial charge in [0.1, 0.15) is 17.2 Å². The predicted molar refractivity (Wildman–Crippen MR) is 273 cm³/mol. The molecule has 2 aliphatic heterocycles. The third-order valence-corrected chi connectivity index (χ3v) is 18.5. The van der Waals surface area contributed by atoms with Gasteiger partial charge in [-0.1, -0.05) is 200 Å². The molecule has 0 bridgehead atoms. The first kappa shape index (κ1) is 37.4. The molecule has 304 valence electrons. The van der Waals surface area contributed by atoms with E-state index < -0.39 is 8.07 Å². The molecule has 0 radical (unpaired) electrons. The van der Waals surface area contributed by atoms with Crippen molar-refractivity contribution in [2.24, 2.45) is 0 Å². The third-order valence-electron chi connectivity index (χ3n) is 13.7. The van der Waals surface area contributed by atoms with E-state index in [1.54, 1.807) is 0 Å². The van der Waals surface area contributed by atoms with Crippen molar-refractivity contribution in [3.8, 4) is 56.3 Å². The number of hydrogen-bond acceptors (Lipinski definition) is 2. The summed E-state index contributed by atoms with van der Waals surface area (Å²) < 4.78 is 16.3. The van der Waals surface area contributed by atoms with Gasteiger partial charge < -0.3 is 14.0 Å². The molecule has 0 saturated carbocycles. The first-order valence-corrected chi connectivity index (χ1v) is 24.4. The van der Waals surface area contributed by atoms with Gasteiger partial charge in [-0.2, -0.15) is 0 Å². The highest BCUT2D eigenvalue weighted by Crippen LogP contribution is 2.42. The molecular weight excluding hydrogens is 806 g/mol. The molecule has 0 N–H and O–H groups in total. The Morgan fingerprint density at radius 3 is 1.57 bits per heavy atom. The SMILES string of the molecule is c1ccc([Si](c2ccccc2)(c2ccccc2)c2ccccc2-c2ccc3c(c2)OB2c4ccc(-c5ccc(-n6c7ccccc7c7ccccc76)cc5)cc4Oc4cccc-3c42)cc1. The second kappa shape index (κ2) is 15.0. The molecule has 0 spiro atoms. The maximum atomic E-state index is 7.21.